The molecule has 2 saturated heterocycles. The molecule has 0 aliphatic carbocycles. The van der Waals surface area contributed by atoms with Gasteiger partial charge in [0, 0.05) is 19.3 Å². The second-order valence-electron chi connectivity index (χ2n) is 9.82. The molecule has 0 spiro atoms. The molecule has 2 heterocycles. The summed E-state index contributed by atoms with van der Waals surface area (Å²) in [7, 11) is -6.06. The molecule has 3 aromatic rings. The summed E-state index contributed by atoms with van der Waals surface area (Å²) in [5.74, 6) is 0.0866. The molecule has 0 amide bonds. The van der Waals surface area contributed by atoms with Crippen LogP contribution >= 0.6 is 15.2 Å². The molecule has 0 unspecified atom stereocenters. The molecule has 9 nitrogen and oxygen atoms in total. The van der Waals surface area contributed by atoms with Gasteiger partial charge in [0.2, 0.25) is 5.52 Å². The Morgan fingerprint density at radius 3 is 1.93 bits per heavy atom. The average molecular weight is 644 g/mol. The lowest BCUT2D eigenvalue weighted by Gasteiger charge is -2.27. The van der Waals surface area contributed by atoms with Crippen molar-refractivity contribution in [2.75, 3.05) is 56.8 Å². The van der Waals surface area contributed by atoms with Crippen LogP contribution in [0.5, 0.6) is 5.75 Å². The van der Waals surface area contributed by atoms with Gasteiger partial charge >= 0.3 is 21.4 Å². The lowest BCUT2D eigenvalue weighted by molar-refractivity contribution is -0.137. The van der Waals surface area contributed by atoms with E-state index < -0.39 is 38.3 Å². The minimum absolute atomic E-state index is 0.0677. The summed E-state index contributed by atoms with van der Waals surface area (Å²) in [4.78, 5) is 1.68. The Morgan fingerprint density at radius 2 is 1.40 bits per heavy atom. The second kappa shape index (κ2) is 13.0. The summed E-state index contributed by atoms with van der Waals surface area (Å²) in [6, 6.07) is 16.1. The number of alkyl halides is 3. The van der Waals surface area contributed by atoms with E-state index in [2.05, 4.69) is 5.32 Å². The molecular formula is C28H30F4N2O7P2. The topological polar surface area (TPSA) is 95.6 Å². The average Bonchev–Trinajstić information content (AvgIpc) is 3.64. The summed E-state index contributed by atoms with van der Waals surface area (Å²) >= 11 is 0. The molecule has 5 rings (SSSR count). The van der Waals surface area contributed by atoms with Crippen molar-refractivity contribution < 1.29 is 49.5 Å². The van der Waals surface area contributed by atoms with E-state index in [1.54, 1.807) is 36.2 Å². The number of anilines is 2. The van der Waals surface area contributed by atoms with E-state index in [1.165, 1.54) is 30.3 Å². The van der Waals surface area contributed by atoms with Gasteiger partial charge in [-0.3, -0.25) is 9.13 Å². The Kier molecular flexibility index (Phi) is 9.51. The fourth-order valence-corrected chi connectivity index (χ4v) is 9.43. The number of benzene rings is 3. The van der Waals surface area contributed by atoms with Gasteiger partial charge in [-0.2, -0.15) is 13.2 Å². The smallest absolute Gasteiger partial charge is 0.416 e. The Labute approximate surface area is 246 Å². The normalized spacial score (nSPS) is 17.7. The summed E-state index contributed by atoms with van der Waals surface area (Å²) in [5, 5.41) is 2.89. The minimum atomic E-state index is -4.39. The summed E-state index contributed by atoms with van der Waals surface area (Å²) in [6.07, 6.45) is -3.85. The van der Waals surface area contributed by atoms with Gasteiger partial charge in [0.1, 0.15) is 11.6 Å². The van der Waals surface area contributed by atoms with E-state index in [4.69, 9.17) is 22.8 Å². The van der Waals surface area contributed by atoms with E-state index in [1.807, 2.05) is 0 Å². The molecule has 0 aromatic heterocycles. The first-order chi connectivity index (χ1) is 20.5. The zero-order valence-corrected chi connectivity index (χ0v) is 24.9. The third kappa shape index (κ3) is 7.42. The Hall–Kier alpha value is -2.92. The number of halogens is 4. The number of hydrogen-bond acceptors (Lipinski definition) is 9. The zero-order chi connectivity index (χ0) is 30.7. The van der Waals surface area contributed by atoms with Gasteiger partial charge in [0.15, 0.2) is 0 Å². The standard InChI is InChI=1S/C28H30F4N2O7P2/c1-34(13-2-14-37-24-10-5-21(6-11-24)20-3-7-22(8-4-20)28(30,31)32)26-19-23(9-12-25(26)29)33-27(42(35)38-15-16-39-42)43(36)40-17-18-41-43/h3-12,19,27,33H,2,13-18H2,1H3. The van der Waals surface area contributed by atoms with Crippen LogP contribution in [-0.2, 0) is 33.4 Å². The molecule has 1 N–H and O–H groups in total. The predicted molar refractivity (Wildman–Crippen MR) is 153 cm³/mol. The Balaban J connectivity index is 1.16. The fraction of sp³-hybridized carbons (Fsp3) is 0.357. The molecule has 15 heteroatoms. The van der Waals surface area contributed by atoms with Gasteiger partial charge in [-0.1, -0.05) is 24.3 Å². The van der Waals surface area contributed by atoms with Crippen LogP contribution in [0.2, 0.25) is 0 Å². The quantitative estimate of drug-likeness (QED) is 0.129. The first-order valence-corrected chi connectivity index (χ1v) is 16.6. The number of nitrogens with one attached hydrogen (secondary N) is 1. The lowest BCUT2D eigenvalue weighted by Crippen LogP contribution is -2.23. The number of ether oxygens (including phenoxy) is 1. The van der Waals surface area contributed by atoms with Crippen LogP contribution in [0.3, 0.4) is 0 Å². The van der Waals surface area contributed by atoms with Gasteiger partial charge in [-0.05, 0) is 60.0 Å². The molecule has 0 saturated carbocycles. The van der Waals surface area contributed by atoms with Crippen LogP contribution in [0.15, 0.2) is 66.7 Å². The molecule has 0 atom stereocenters. The highest BCUT2D eigenvalue weighted by Crippen LogP contribution is 2.72. The van der Waals surface area contributed by atoms with Crippen LogP contribution in [-0.4, -0.2) is 52.2 Å². The maximum absolute atomic E-state index is 14.8. The zero-order valence-electron chi connectivity index (χ0n) is 23.1. The summed E-state index contributed by atoms with van der Waals surface area (Å²) in [5.41, 5.74) is -0.155. The predicted octanol–water partition coefficient (Wildman–Crippen LogP) is 7.59. The molecular weight excluding hydrogens is 614 g/mol. The third-order valence-corrected chi connectivity index (χ3v) is 12.1. The van der Waals surface area contributed by atoms with Crippen molar-refractivity contribution in [1.82, 2.24) is 0 Å². The van der Waals surface area contributed by atoms with Crippen molar-refractivity contribution in [2.24, 2.45) is 0 Å². The first-order valence-electron chi connectivity index (χ1n) is 13.4. The van der Waals surface area contributed by atoms with Crippen LogP contribution < -0.4 is 15.0 Å². The van der Waals surface area contributed by atoms with Crippen molar-refractivity contribution in [2.45, 2.75) is 18.1 Å². The van der Waals surface area contributed by atoms with E-state index >= 15 is 0 Å². The van der Waals surface area contributed by atoms with Gasteiger partial charge < -0.3 is 33.0 Å². The molecule has 43 heavy (non-hydrogen) atoms. The first kappa shape index (κ1) is 31.5. The van der Waals surface area contributed by atoms with Crippen molar-refractivity contribution in [3.05, 3.63) is 78.1 Å². The maximum atomic E-state index is 14.8. The largest absolute Gasteiger partial charge is 0.494 e. The maximum Gasteiger partial charge on any atom is 0.416 e. The van der Waals surface area contributed by atoms with Crippen LogP contribution in [0, 0.1) is 5.82 Å². The molecule has 0 radical (unpaired) electrons. The van der Waals surface area contributed by atoms with Gasteiger partial charge in [-0.15, -0.1) is 0 Å². The highest BCUT2D eigenvalue weighted by molar-refractivity contribution is 7.73. The van der Waals surface area contributed by atoms with Crippen molar-refractivity contribution >= 4 is 26.6 Å². The van der Waals surface area contributed by atoms with E-state index in [0.29, 0.717) is 36.6 Å². The third-order valence-electron chi connectivity index (χ3n) is 6.81. The Bertz CT molecular complexity index is 1460. The van der Waals surface area contributed by atoms with Crippen molar-refractivity contribution in [1.29, 1.82) is 0 Å². The highest BCUT2D eigenvalue weighted by atomic mass is 31.2. The summed E-state index contributed by atoms with van der Waals surface area (Å²) in [6.45, 7) is 1.01. The van der Waals surface area contributed by atoms with Crippen molar-refractivity contribution in [3.63, 3.8) is 0 Å². The van der Waals surface area contributed by atoms with Crippen LogP contribution in [0.4, 0.5) is 28.9 Å². The SMILES string of the molecule is CN(CCCOc1ccc(-c2ccc(C(F)(F)F)cc2)cc1)c1cc(NC(P2(=O)OCCO2)P2(=O)OCCO2)ccc1F. The van der Waals surface area contributed by atoms with Gasteiger partial charge in [0.25, 0.3) is 0 Å². The van der Waals surface area contributed by atoms with E-state index in [0.717, 1.165) is 17.7 Å². The molecule has 3 aromatic carbocycles. The van der Waals surface area contributed by atoms with E-state index in [-0.39, 0.29) is 32.1 Å². The molecule has 0 bridgehead atoms. The van der Waals surface area contributed by atoms with Crippen LogP contribution in [0.1, 0.15) is 12.0 Å². The molecule has 2 aliphatic rings. The Morgan fingerprint density at radius 1 is 0.860 bits per heavy atom. The van der Waals surface area contributed by atoms with Gasteiger partial charge in [0.05, 0.1) is 44.3 Å². The molecule has 2 aliphatic heterocycles. The monoisotopic (exact) mass is 644 g/mol. The fourth-order valence-electron chi connectivity index (χ4n) is 4.60. The van der Waals surface area contributed by atoms with Crippen molar-refractivity contribution in [3.8, 4) is 16.9 Å². The lowest BCUT2D eigenvalue weighted by atomic mass is 10.0. The minimum Gasteiger partial charge on any atom is -0.494 e. The van der Waals surface area contributed by atoms with Gasteiger partial charge in [-0.25, -0.2) is 4.39 Å². The highest BCUT2D eigenvalue weighted by Gasteiger charge is 2.55. The number of hydrogen-bond donors (Lipinski definition) is 1. The molecule has 2 fully saturated rings. The molecule has 232 valence electrons. The number of rotatable bonds is 11. The summed E-state index contributed by atoms with van der Waals surface area (Å²) < 4.78 is 107. The van der Waals surface area contributed by atoms with Crippen LogP contribution in [0.25, 0.3) is 11.1 Å². The number of nitrogens with zero attached hydrogens (tertiary/aromatic N) is 1. The van der Waals surface area contributed by atoms with E-state index in [9.17, 15) is 26.7 Å². The second-order valence-corrected chi connectivity index (χ2v) is 14.5.